The maximum atomic E-state index is 8.81. The van der Waals surface area contributed by atoms with E-state index in [1.807, 2.05) is 0 Å². The number of aliphatic hydroxyl groups is 4. The second-order valence-electron chi connectivity index (χ2n) is 1.93. The van der Waals surface area contributed by atoms with Crippen LogP contribution >= 0.6 is 0 Å². The highest BCUT2D eigenvalue weighted by Crippen LogP contribution is 2.20. The van der Waals surface area contributed by atoms with Crippen LogP contribution in [-0.4, -0.2) is 39.4 Å². The zero-order valence-electron chi connectivity index (χ0n) is 5.06. The fourth-order valence-electron chi connectivity index (χ4n) is 0.705. The van der Waals surface area contributed by atoms with Gasteiger partial charge in [0.15, 0.2) is 11.5 Å². The van der Waals surface area contributed by atoms with Crippen LogP contribution in [0.4, 0.5) is 0 Å². The summed E-state index contributed by atoms with van der Waals surface area (Å²) in [4.78, 5) is 0. The van der Waals surface area contributed by atoms with Gasteiger partial charge in [0.2, 0.25) is 6.29 Å². The van der Waals surface area contributed by atoms with E-state index in [4.69, 9.17) is 20.4 Å². The molecule has 4 N–H and O–H groups in total. The Labute approximate surface area is 56.8 Å². The van der Waals surface area contributed by atoms with Crippen LogP contribution in [0.3, 0.4) is 0 Å². The molecule has 58 valence electrons. The van der Waals surface area contributed by atoms with Crippen LogP contribution in [0, 0.1) is 0 Å². The van der Waals surface area contributed by atoms with Crippen molar-refractivity contribution in [2.45, 2.75) is 12.4 Å². The first-order chi connectivity index (χ1) is 4.66. The highest BCUT2D eigenvalue weighted by Gasteiger charge is 2.32. The van der Waals surface area contributed by atoms with Crippen molar-refractivity contribution in [1.82, 2.24) is 0 Å². The molecule has 5 heteroatoms. The lowest BCUT2D eigenvalue weighted by molar-refractivity contribution is -0.109. The first-order valence-corrected chi connectivity index (χ1v) is 2.73. The Morgan fingerprint density at radius 2 is 1.90 bits per heavy atom. The van der Waals surface area contributed by atoms with Crippen LogP contribution in [0.15, 0.2) is 11.5 Å². The van der Waals surface area contributed by atoms with Crippen molar-refractivity contribution >= 4 is 0 Å². The Morgan fingerprint density at radius 3 is 2.10 bits per heavy atom. The van der Waals surface area contributed by atoms with Gasteiger partial charge in [0.1, 0.15) is 6.10 Å². The maximum absolute atomic E-state index is 8.81. The standard InChI is InChI=1S/C5H8O5/c6-1-2-3(7)4(8)5(9)10-2/h2,5-9H,1H2. The molecule has 0 amide bonds. The first kappa shape index (κ1) is 7.33. The third-order valence-electron chi connectivity index (χ3n) is 1.26. The third-order valence-corrected chi connectivity index (χ3v) is 1.26. The number of aliphatic hydroxyl groups excluding tert-OH is 4. The van der Waals surface area contributed by atoms with Gasteiger partial charge in [0.25, 0.3) is 0 Å². The molecule has 0 aliphatic carbocycles. The van der Waals surface area contributed by atoms with Gasteiger partial charge in [0, 0.05) is 0 Å². The van der Waals surface area contributed by atoms with Crippen LogP contribution in [0.25, 0.3) is 0 Å². The van der Waals surface area contributed by atoms with E-state index in [9.17, 15) is 0 Å². The Morgan fingerprint density at radius 1 is 1.30 bits per heavy atom. The SMILES string of the molecule is OCC1OC(O)C(O)=C1O. The van der Waals surface area contributed by atoms with Crippen molar-refractivity contribution in [2.24, 2.45) is 0 Å². The topological polar surface area (TPSA) is 90.2 Å². The highest BCUT2D eigenvalue weighted by atomic mass is 16.6. The van der Waals surface area contributed by atoms with E-state index in [1.54, 1.807) is 0 Å². The van der Waals surface area contributed by atoms with Gasteiger partial charge in [-0.3, -0.25) is 0 Å². The van der Waals surface area contributed by atoms with Gasteiger partial charge in [-0.15, -0.1) is 0 Å². The van der Waals surface area contributed by atoms with E-state index >= 15 is 0 Å². The Bertz CT molecular complexity index is 163. The molecule has 0 fully saturated rings. The molecule has 0 aromatic heterocycles. The van der Waals surface area contributed by atoms with Crippen LogP contribution in [0.5, 0.6) is 0 Å². The average Bonchev–Trinajstić information content (AvgIpc) is 2.17. The molecular formula is C5H8O5. The maximum Gasteiger partial charge on any atom is 0.218 e. The van der Waals surface area contributed by atoms with E-state index in [2.05, 4.69) is 4.74 Å². The van der Waals surface area contributed by atoms with Crippen molar-refractivity contribution in [1.29, 1.82) is 0 Å². The lowest BCUT2D eigenvalue weighted by atomic mass is 10.3. The quantitative estimate of drug-likeness (QED) is 0.384. The van der Waals surface area contributed by atoms with E-state index in [1.165, 1.54) is 0 Å². The van der Waals surface area contributed by atoms with Crippen molar-refractivity contribution in [3.63, 3.8) is 0 Å². The Kier molecular flexibility index (Phi) is 1.80. The van der Waals surface area contributed by atoms with E-state index < -0.39 is 30.5 Å². The minimum atomic E-state index is -1.50. The van der Waals surface area contributed by atoms with Crippen molar-refractivity contribution in [3.05, 3.63) is 11.5 Å². The minimum absolute atomic E-state index is 0.465. The number of hydrogen-bond acceptors (Lipinski definition) is 5. The summed E-state index contributed by atoms with van der Waals surface area (Å²) >= 11 is 0. The zero-order valence-corrected chi connectivity index (χ0v) is 5.06. The Hall–Kier alpha value is -0.780. The van der Waals surface area contributed by atoms with Gasteiger partial charge in [-0.2, -0.15) is 0 Å². The summed E-state index contributed by atoms with van der Waals surface area (Å²) in [5, 5.41) is 34.6. The van der Waals surface area contributed by atoms with Crippen LogP contribution in [0.1, 0.15) is 0 Å². The van der Waals surface area contributed by atoms with Gasteiger partial charge >= 0.3 is 0 Å². The van der Waals surface area contributed by atoms with Gasteiger partial charge < -0.3 is 25.2 Å². The van der Waals surface area contributed by atoms with Crippen LogP contribution < -0.4 is 0 Å². The van der Waals surface area contributed by atoms with E-state index in [-0.39, 0.29) is 0 Å². The van der Waals surface area contributed by atoms with Crippen LogP contribution in [-0.2, 0) is 4.74 Å². The van der Waals surface area contributed by atoms with Gasteiger partial charge in [-0.1, -0.05) is 0 Å². The normalized spacial score (nSPS) is 33.4. The summed E-state index contributed by atoms with van der Waals surface area (Å²) in [5.74, 6) is -1.13. The monoisotopic (exact) mass is 148 g/mol. The predicted molar refractivity (Wildman–Crippen MR) is 30.2 cm³/mol. The molecule has 0 aromatic rings. The van der Waals surface area contributed by atoms with E-state index in [0.717, 1.165) is 0 Å². The molecule has 1 rings (SSSR count). The summed E-state index contributed by atoms with van der Waals surface area (Å²) in [5.41, 5.74) is 0. The largest absolute Gasteiger partial charge is 0.506 e. The Balaban J connectivity index is 2.73. The molecule has 5 nitrogen and oxygen atoms in total. The van der Waals surface area contributed by atoms with E-state index in [0.29, 0.717) is 0 Å². The molecule has 0 bridgehead atoms. The van der Waals surface area contributed by atoms with Crippen molar-refractivity contribution < 1.29 is 25.2 Å². The molecule has 1 heterocycles. The fraction of sp³-hybridized carbons (Fsp3) is 0.600. The van der Waals surface area contributed by atoms with Crippen molar-refractivity contribution in [3.8, 4) is 0 Å². The summed E-state index contributed by atoms with van der Waals surface area (Å²) in [6, 6.07) is 0. The third kappa shape index (κ3) is 0.942. The minimum Gasteiger partial charge on any atom is -0.506 e. The average molecular weight is 148 g/mol. The summed E-state index contributed by atoms with van der Waals surface area (Å²) < 4.78 is 4.47. The molecule has 2 unspecified atom stereocenters. The molecule has 0 saturated heterocycles. The zero-order chi connectivity index (χ0) is 7.72. The molecule has 2 atom stereocenters. The van der Waals surface area contributed by atoms with Gasteiger partial charge in [0.05, 0.1) is 6.61 Å². The molecule has 0 radical (unpaired) electrons. The summed E-state index contributed by atoms with van der Waals surface area (Å²) in [6.07, 6.45) is -2.49. The lowest BCUT2D eigenvalue weighted by Gasteiger charge is -2.05. The number of hydrogen-bond donors (Lipinski definition) is 4. The molecule has 1 aliphatic heterocycles. The molecule has 1 aliphatic rings. The molecule has 0 spiro atoms. The fourth-order valence-corrected chi connectivity index (χ4v) is 0.705. The molecular weight excluding hydrogens is 140 g/mol. The highest BCUT2D eigenvalue weighted by molar-refractivity contribution is 5.11. The van der Waals surface area contributed by atoms with Gasteiger partial charge in [-0.05, 0) is 0 Å². The van der Waals surface area contributed by atoms with Crippen LogP contribution in [0.2, 0.25) is 0 Å². The second kappa shape index (κ2) is 2.45. The summed E-state index contributed by atoms with van der Waals surface area (Å²) in [7, 11) is 0. The molecule has 0 aromatic carbocycles. The molecule has 0 saturated carbocycles. The number of ether oxygens (including phenoxy) is 1. The lowest BCUT2D eigenvalue weighted by Crippen LogP contribution is -2.18. The van der Waals surface area contributed by atoms with Gasteiger partial charge in [-0.25, -0.2) is 0 Å². The second-order valence-corrected chi connectivity index (χ2v) is 1.93. The first-order valence-electron chi connectivity index (χ1n) is 2.73. The number of rotatable bonds is 1. The molecule has 10 heavy (non-hydrogen) atoms. The predicted octanol–water partition coefficient (Wildman–Crippen LogP) is -0.976. The van der Waals surface area contributed by atoms with Crippen molar-refractivity contribution in [2.75, 3.05) is 6.61 Å². The summed E-state index contributed by atoms with van der Waals surface area (Å²) in [6.45, 7) is -0.465. The smallest absolute Gasteiger partial charge is 0.218 e.